The molecule has 2 heterocycles. The van der Waals surface area contributed by atoms with Crippen molar-refractivity contribution in [3.8, 4) is 28.4 Å². The maximum atomic E-state index is 5.37. The summed E-state index contributed by atoms with van der Waals surface area (Å²) in [6.45, 7) is 4.07. The van der Waals surface area contributed by atoms with Crippen molar-refractivity contribution in [3.05, 3.63) is 43.1 Å². The molecule has 0 saturated heterocycles. The molecular formula is C14H12N3OS. The van der Waals surface area contributed by atoms with Crippen LogP contribution in [0.25, 0.3) is 22.6 Å². The maximum absolute atomic E-state index is 5.37. The van der Waals surface area contributed by atoms with Gasteiger partial charge in [-0.25, -0.2) is 9.97 Å². The topological polar surface area (TPSA) is 50.8 Å². The lowest BCUT2D eigenvalue weighted by Crippen LogP contribution is -1.88. The molecule has 19 heavy (non-hydrogen) atoms. The third kappa shape index (κ3) is 1.86. The number of H-pyrrole nitrogens is 1. The molecule has 0 spiro atoms. The third-order valence-electron chi connectivity index (χ3n) is 3.00. The Morgan fingerprint density at radius 3 is 2.74 bits per heavy atom. The molecule has 0 unspecified atom stereocenters. The first-order chi connectivity index (χ1) is 9.22. The summed E-state index contributed by atoms with van der Waals surface area (Å²) in [5, 5.41) is 0.677. The Balaban J connectivity index is 2.29. The number of fused-ring (bicyclic) bond motifs is 1. The number of thiol groups is 1. The van der Waals surface area contributed by atoms with E-state index < -0.39 is 0 Å². The lowest BCUT2D eigenvalue weighted by atomic mass is 10.1. The van der Waals surface area contributed by atoms with Gasteiger partial charge in [0.15, 0.2) is 0 Å². The Kier molecular flexibility index (Phi) is 2.91. The number of hydrogen-bond acceptors (Lipinski definition) is 4. The van der Waals surface area contributed by atoms with Gasteiger partial charge in [0.25, 0.3) is 0 Å². The van der Waals surface area contributed by atoms with E-state index in [1.54, 1.807) is 13.4 Å². The van der Waals surface area contributed by atoms with Gasteiger partial charge in [0.1, 0.15) is 11.4 Å². The minimum Gasteiger partial charge on any atom is -0.496 e. The van der Waals surface area contributed by atoms with Crippen LogP contribution in [0.15, 0.2) is 35.6 Å². The lowest BCUT2D eigenvalue weighted by molar-refractivity contribution is 0.416. The molecule has 2 aliphatic heterocycles. The van der Waals surface area contributed by atoms with Gasteiger partial charge in [-0.2, -0.15) is 0 Å². The van der Waals surface area contributed by atoms with Crippen LogP contribution < -0.4 is 4.74 Å². The Labute approximate surface area is 116 Å². The predicted octanol–water partition coefficient (Wildman–Crippen LogP) is 3.06. The van der Waals surface area contributed by atoms with Crippen LogP contribution in [-0.2, 0) is 0 Å². The van der Waals surface area contributed by atoms with E-state index in [2.05, 4.69) is 34.5 Å². The van der Waals surface area contributed by atoms with Crippen molar-refractivity contribution in [2.75, 3.05) is 7.11 Å². The van der Waals surface area contributed by atoms with E-state index in [4.69, 9.17) is 4.74 Å². The van der Waals surface area contributed by atoms with Crippen LogP contribution in [0.2, 0.25) is 0 Å². The first kappa shape index (κ1) is 12.0. The second kappa shape index (κ2) is 4.59. The Hall–Kier alpha value is -2.01. The molecule has 5 heteroatoms. The zero-order valence-corrected chi connectivity index (χ0v) is 11.2. The first-order valence-corrected chi connectivity index (χ1v) is 6.18. The Morgan fingerprint density at radius 1 is 1.21 bits per heavy atom. The van der Waals surface area contributed by atoms with Gasteiger partial charge in [-0.1, -0.05) is 12.1 Å². The van der Waals surface area contributed by atoms with Gasteiger partial charge in [-0.3, -0.25) is 0 Å². The summed E-state index contributed by atoms with van der Waals surface area (Å²) in [6, 6.07) is 7.72. The molecule has 1 N–H and O–H groups in total. The molecular weight excluding hydrogens is 258 g/mol. The molecule has 0 saturated carbocycles. The highest BCUT2D eigenvalue weighted by Crippen LogP contribution is 2.38. The van der Waals surface area contributed by atoms with E-state index >= 15 is 0 Å². The number of ether oxygens (including phenoxy) is 1. The summed E-state index contributed by atoms with van der Waals surface area (Å²) in [4.78, 5) is 11.8. The minimum atomic E-state index is 0.677. The number of rotatable bonds is 2. The lowest BCUT2D eigenvalue weighted by Gasteiger charge is -2.06. The van der Waals surface area contributed by atoms with Crippen molar-refractivity contribution in [2.24, 2.45) is 0 Å². The van der Waals surface area contributed by atoms with Crippen LogP contribution in [0.3, 0.4) is 0 Å². The fraction of sp³-hybridized carbons (Fsp3) is 0.0714. The van der Waals surface area contributed by atoms with Crippen LogP contribution in [0.4, 0.5) is 0 Å². The van der Waals surface area contributed by atoms with Crippen molar-refractivity contribution in [2.45, 2.75) is 5.03 Å². The summed E-state index contributed by atoms with van der Waals surface area (Å²) in [6.07, 6.45) is 1.59. The van der Waals surface area contributed by atoms with Crippen molar-refractivity contribution in [1.29, 1.82) is 0 Å². The summed E-state index contributed by atoms with van der Waals surface area (Å²) < 4.78 is 5.37. The Morgan fingerprint density at radius 2 is 2.00 bits per heavy atom. The molecule has 0 fully saturated rings. The highest BCUT2D eigenvalue weighted by atomic mass is 32.1. The minimum absolute atomic E-state index is 0.677. The van der Waals surface area contributed by atoms with Gasteiger partial charge >= 0.3 is 0 Å². The molecule has 1 aromatic rings. The molecule has 2 aliphatic rings. The number of para-hydroxylation sites is 1. The molecule has 95 valence electrons. The van der Waals surface area contributed by atoms with Crippen LogP contribution in [0.1, 0.15) is 5.56 Å². The van der Waals surface area contributed by atoms with Gasteiger partial charge in [0.2, 0.25) is 0 Å². The van der Waals surface area contributed by atoms with E-state index in [9.17, 15) is 0 Å². The monoisotopic (exact) mass is 270 g/mol. The van der Waals surface area contributed by atoms with Gasteiger partial charge in [0.05, 0.1) is 29.9 Å². The van der Waals surface area contributed by atoms with Gasteiger partial charge < -0.3 is 9.72 Å². The van der Waals surface area contributed by atoms with E-state index in [1.807, 2.05) is 24.3 Å². The van der Waals surface area contributed by atoms with Crippen molar-refractivity contribution in [1.82, 2.24) is 15.0 Å². The second-order valence-corrected chi connectivity index (χ2v) is 4.53. The van der Waals surface area contributed by atoms with Crippen LogP contribution in [0.5, 0.6) is 5.75 Å². The molecule has 0 amide bonds. The normalized spacial score (nSPS) is 10.9. The number of methoxy groups -OCH3 is 1. The van der Waals surface area contributed by atoms with Crippen molar-refractivity contribution < 1.29 is 4.74 Å². The number of aromatic amines is 1. The number of aromatic nitrogens is 3. The standard InChI is InChI=1S/C14H12N3OS/c1-8-11(9-5-3-4-6-10(9)18-2)17-13-12(8)15-7-16-14(13)19/h3-7,19H,1H2,2H3,(H,15,16). The van der Waals surface area contributed by atoms with Crippen molar-refractivity contribution >= 4 is 12.6 Å². The van der Waals surface area contributed by atoms with E-state index in [0.29, 0.717) is 5.03 Å². The molecule has 1 aromatic carbocycles. The highest BCUT2D eigenvalue weighted by Gasteiger charge is 2.21. The number of hydrogen-bond donors (Lipinski definition) is 2. The van der Waals surface area contributed by atoms with Gasteiger partial charge in [-0.05, 0) is 19.1 Å². The van der Waals surface area contributed by atoms with Crippen LogP contribution >= 0.6 is 12.6 Å². The SMILES string of the molecule is [CH2]c1c(-c2ccccc2OC)nc2c(S)[nH]cnc1-2. The number of nitrogens with zero attached hydrogens (tertiary/aromatic N) is 2. The first-order valence-electron chi connectivity index (χ1n) is 5.73. The molecule has 0 bridgehead atoms. The maximum Gasteiger partial charge on any atom is 0.128 e. The summed E-state index contributed by atoms with van der Waals surface area (Å²) >= 11 is 4.36. The summed E-state index contributed by atoms with van der Waals surface area (Å²) in [5.74, 6) is 0.764. The molecule has 0 aromatic heterocycles. The van der Waals surface area contributed by atoms with Gasteiger partial charge in [-0.15, -0.1) is 12.6 Å². The molecule has 0 atom stereocenters. The quantitative estimate of drug-likeness (QED) is 0.556. The van der Waals surface area contributed by atoms with E-state index in [1.165, 1.54) is 0 Å². The molecule has 4 nitrogen and oxygen atoms in total. The summed E-state index contributed by atoms with van der Waals surface area (Å²) in [7, 11) is 1.64. The molecule has 0 aliphatic carbocycles. The largest absolute Gasteiger partial charge is 0.496 e. The average molecular weight is 270 g/mol. The van der Waals surface area contributed by atoms with Crippen molar-refractivity contribution in [3.63, 3.8) is 0 Å². The fourth-order valence-corrected chi connectivity index (χ4v) is 2.29. The van der Waals surface area contributed by atoms with E-state index in [0.717, 1.165) is 34.0 Å². The predicted molar refractivity (Wildman–Crippen MR) is 76.7 cm³/mol. The zero-order chi connectivity index (χ0) is 13.4. The molecule has 1 radical (unpaired) electrons. The van der Waals surface area contributed by atoms with E-state index in [-0.39, 0.29) is 0 Å². The Bertz CT molecular complexity index is 708. The highest BCUT2D eigenvalue weighted by molar-refractivity contribution is 7.80. The second-order valence-electron chi connectivity index (χ2n) is 4.09. The third-order valence-corrected chi connectivity index (χ3v) is 3.34. The molecule has 3 rings (SSSR count). The smallest absolute Gasteiger partial charge is 0.128 e. The zero-order valence-electron chi connectivity index (χ0n) is 10.3. The summed E-state index contributed by atoms with van der Waals surface area (Å²) in [5.41, 5.74) is 3.93. The fourth-order valence-electron chi connectivity index (χ4n) is 2.08. The van der Waals surface area contributed by atoms with Crippen LogP contribution in [0, 0.1) is 6.92 Å². The van der Waals surface area contributed by atoms with Crippen LogP contribution in [-0.4, -0.2) is 22.1 Å². The number of nitrogens with one attached hydrogen (secondary N) is 1. The van der Waals surface area contributed by atoms with Gasteiger partial charge in [0, 0.05) is 11.1 Å². The number of benzene rings is 1. The average Bonchev–Trinajstić information content (AvgIpc) is 2.78.